The molecular weight excluding hydrogens is 266 g/mol. The predicted molar refractivity (Wildman–Crippen MR) is 74.7 cm³/mol. The molecule has 0 fully saturated rings. The fraction of sp³-hybridized carbons (Fsp3) is 0.615. The molecule has 0 atom stereocenters. The van der Waals surface area contributed by atoms with Crippen molar-refractivity contribution in [3.05, 3.63) is 21.9 Å². The lowest BCUT2D eigenvalue weighted by Gasteiger charge is -2.04. The molecule has 0 amide bonds. The lowest BCUT2D eigenvalue weighted by atomic mass is 10.3. The number of thiophene rings is 1. The van der Waals surface area contributed by atoms with Crippen LogP contribution in [0.2, 0.25) is 0 Å². The molecule has 0 saturated heterocycles. The standard InChI is InChI=1S/C13H21NO4S/c1-17-7-8-18-6-2-5-14-10-12-4-3-11(19-12)9-13(15)16/h3-4,14H,2,5-10H2,1H3,(H,15,16). The Labute approximate surface area is 117 Å². The summed E-state index contributed by atoms with van der Waals surface area (Å²) in [5.74, 6) is -0.783. The first kappa shape index (κ1) is 16.1. The highest BCUT2D eigenvalue weighted by Gasteiger charge is 2.04. The Morgan fingerprint density at radius 2 is 2.11 bits per heavy atom. The summed E-state index contributed by atoms with van der Waals surface area (Å²) in [6, 6.07) is 3.86. The quantitative estimate of drug-likeness (QED) is 0.604. The average molecular weight is 287 g/mol. The van der Waals surface area contributed by atoms with Crippen molar-refractivity contribution in [2.24, 2.45) is 0 Å². The van der Waals surface area contributed by atoms with Crippen LogP contribution in [0.25, 0.3) is 0 Å². The van der Waals surface area contributed by atoms with Gasteiger partial charge in [0.2, 0.25) is 0 Å². The first-order valence-corrected chi connectivity index (χ1v) is 7.11. The van der Waals surface area contributed by atoms with Crippen LogP contribution in [0.1, 0.15) is 16.2 Å². The van der Waals surface area contributed by atoms with Crippen molar-refractivity contribution in [2.45, 2.75) is 19.4 Å². The van der Waals surface area contributed by atoms with Crippen LogP contribution in [0.15, 0.2) is 12.1 Å². The van der Waals surface area contributed by atoms with Gasteiger partial charge in [0.25, 0.3) is 0 Å². The molecule has 0 aliphatic carbocycles. The molecule has 1 heterocycles. The van der Waals surface area contributed by atoms with Crippen molar-refractivity contribution in [1.29, 1.82) is 0 Å². The van der Waals surface area contributed by atoms with E-state index in [0.29, 0.717) is 13.2 Å². The highest BCUT2D eigenvalue weighted by molar-refractivity contribution is 7.12. The van der Waals surface area contributed by atoms with Crippen molar-refractivity contribution < 1.29 is 19.4 Å². The van der Waals surface area contributed by atoms with Crippen LogP contribution in [-0.4, -0.2) is 44.6 Å². The summed E-state index contributed by atoms with van der Waals surface area (Å²) in [6.07, 6.45) is 1.06. The minimum Gasteiger partial charge on any atom is -0.481 e. The molecule has 0 aromatic carbocycles. The van der Waals surface area contributed by atoms with Gasteiger partial charge in [-0.15, -0.1) is 11.3 Å². The van der Waals surface area contributed by atoms with E-state index in [1.54, 1.807) is 18.4 Å². The number of hydrogen-bond acceptors (Lipinski definition) is 5. The van der Waals surface area contributed by atoms with Crippen molar-refractivity contribution in [3.8, 4) is 0 Å². The van der Waals surface area contributed by atoms with E-state index in [4.69, 9.17) is 14.6 Å². The highest BCUT2D eigenvalue weighted by atomic mass is 32.1. The van der Waals surface area contributed by atoms with Gasteiger partial charge in [-0.25, -0.2) is 0 Å². The van der Waals surface area contributed by atoms with Crippen LogP contribution in [0, 0.1) is 0 Å². The van der Waals surface area contributed by atoms with E-state index >= 15 is 0 Å². The zero-order valence-electron chi connectivity index (χ0n) is 11.2. The van der Waals surface area contributed by atoms with Gasteiger partial charge in [-0.3, -0.25) is 4.79 Å². The van der Waals surface area contributed by atoms with Crippen LogP contribution in [0.4, 0.5) is 0 Å². The number of carboxylic acid groups (broad SMARTS) is 1. The topological polar surface area (TPSA) is 67.8 Å². The van der Waals surface area contributed by atoms with Crippen molar-refractivity contribution >= 4 is 17.3 Å². The van der Waals surface area contributed by atoms with E-state index in [1.807, 2.05) is 12.1 Å². The molecule has 108 valence electrons. The van der Waals surface area contributed by atoms with Gasteiger partial charge in [0.1, 0.15) is 0 Å². The van der Waals surface area contributed by atoms with Crippen molar-refractivity contribution in [1.82, 2.24) is 5.32 Å². The van der Waals surface area contributed by atoms with Crippen LogP contribution >= 0.6 is 11.3 Å². The third-order valence-corrected chi connectivity index (χ3v) is 3.50. The van der Waals surface area contributed by atoms with Gasteiger partial charge < -0.3 is 19.9 Å². The van der Waals surface area contributed by atoms with Crippen LogP contribution in [0.5, 0.6) is 0 Å². The van der Waals surface area contributed by atoms with Crippen LogP contribution in [0.3, 0.4) is 0 Å². The molecule has 0 radical (unpaired) electrons. The number of rotatable bonds is 11. The summed E-state index contributed by atoms with van der Waals surface area (Å²) in [5.41, 5.74) is 0. The molecule has 19 heavy (non-hydrogen) atoms. The van der Waals surface area contributed by atoms with E-state index in [9.17, 15) is 4.79 Å². The second kappa shape index (κ2) is 9.91. The van der Waals surface area contributed by atoms with Gasteiger partial charge in [-0.05, 0) is 25.1 Å². The van der Waals surface area contributed by atoms with Gasteiger partial charge in [0.05, 0.1) is 19.6 Å². The van der Waals surface area contributed by atoms with Gasteiger partial charge in [0.15, 0.2) is 0 Å². The summed E-state index contributed by atoms with van der Waals surface area (Å²) in [4.78, 5) is 12.6. The minimum atomic E-state index is -0.783. The fourth-order valence-corrected chi connectivity index (χ4v) is 2.50. The minimum absolute atomic E-state index is 0.109. The molecule has 1 aromatic heterocycles. The number of methoxy groups -OCH3 is 1. The Hall–Kier alpha value is -0.950. The smallest absolute Gasteiger partial charge is 0.308 e. The second-order valence-electron chi connectivity index (χ2n) is 4.07. The lowest BCUT2D eigenvalue weighted by molar-refractivity contribution is -0.136. The Bertz CT molecular complexity index is 367. The molecular formula is C13H21NO4S. The number of hydrogen-bond donors (Lipinski definition) is 2. The summed E-state index contributed by atoms with van der Waals surface area (Å²) >= 11 is 1.54. The molecule has 6 heteroatoms. The van der Waals surface area contributed by atoms with E-state index < -0.39 is 5.97 Å². The molecule has 0 spiro atoms. The van der Waals surface area contributed by atoms with Gasteiger partial charge in [-0.1, -0.05) is 0 Å². The number of aliphatic carboxylic acids is 1. The molecule has 5 nitrogen and oxygen atoms in total. The summed E-state index contributed by atoms with van der Waals surface area (Å²) in [5, 5.41) is 12.0. The maximum Gasteiger partial charge on any atom is 0.308 e. The molecule has 0 aliphatic rings. The maximum absolute atomic E-state index is 10.6. The Kier molecular flexibility index (Phi) is 8.40. The molecule has 0 saturated carbocycles. The van der Waals surface area contributed by atoms with E-state index in [0.717, 1.165) is 35.9 Å². The van der Waals surface area contributed by atoms with E-state index in [1.165, 1.54) is 0 Å². The SMILES string of the molecule is COCCOCCCNCc1ccc(CC(=O)O)s1. The molecule has 0 bridgehead atoms. The Morgan fingerprint density at radius 3 is 2.84 bits per heavy atom. The molecule has 2 N–H and O–H groups in total. The lowest BCUT2D eigenvalue weighted by Crippen LogP contribution is -2.16. The number of nitrogens with one attached hydrogen (secondary N) is 1. The van der Waals surface area contributed by atoms with Crippen molar-refractivity contribution in [3.63, 3.8) is 0 Å². The maximum atomic E-state index is 10.6. The number of ether oxygens (including phenoxy) is 2. The fourth-order valence-electron chi connectivity index (χ4n) is 1.52. The van der Waals surface area contributed by atoms with Crippen LogP contribution in [-0.2, 0) is 27.2 Å². The third kappa shape index (κ3) is 7.94. The van der Waals surface area contributed by atoms with E-state index in [2.05, 4.69) is 5.32 Å². The highest BCUT2D eigenvalue weighted by Crippen LogP contribution is 2.16. The third-order valence-electron chi connectivity index (χ3n) is 2.42. The van der Waals surface area contributed by atoms with Gasteiger partial charge in [0, 0.05) is 30.0 Å². The zero-order valence-corrected chi connectivity index (χ0v) is 12.0. The van der Waals surface area contributed by atoms with Gasteiger partial charge in [-0.2, -0.15) is 0 Å². The molecule has 0 unspecified atom stereocenters. The number of carboxylic acids is 1. The zero-order chi connectivity index (χ0) is 13.9. The summed E-state index contributed by atoms with van der Waals surface area (Å²) in [7, 11) is 1.66. The Balaban J connectivity index is 2.03. The average Bonchev–Trinajstić information content (AvgIpc) is 2.79. The predicted octanol–water partition coefficient (Wildman–Crippen LogP) is 1.52. The first-order chi connectivity index (χ1) is 9.22. The van der Waals surface area contributed by atoms with Crippen LogP contribution < -0.4 is 5.32 Å². The molecule has 1 aromatic rings. The first-order valence-electron chi connectivity index (χ1n) is 6.29. The largest absolute Gasteiger partial charge is 0.481 e. The second-order valence-corrected chi connectivity index (χ2v) is 5.33. The molecule has 0 aliphatic heterocycles. The number of carbonyl (C=O) groups is 1. The Morgan fingerprint density at radius 1 is 1.32 bits per heavy atom. The summed E-state index contributed by atoms with van der Waals surface area (Å²) in [6.45, 7) is 3.67. The molecule has 1 rings (SSSR count). The normalized spacial score (nSPS) is 10.8. The van der Waals surface area contributed by atoms with Gasteiger partial charge >= 0.3 is 5.97 Å². The van der Waals surface area contributed by atoms with Crippen molar-refractivity contribution in [2.75, 3.05) is 33.5 Å². The summed E-state index contributed by atoms with van der Waals surface area (Å²) < 4.78 is 10.2. The monoisotopic (exact) mass is 287 g/mol. The van der Waals surface area contributed by atoms with E-state index in [-0.39, 0.29) is 6.42 Å².